The van der Waals surface area contributed by atoms with Crippen molar-refractivity contribution in [2.24, 2.45) is 0 Å². The van der Waals surface area contributed by atoms with Crippen molar-refractivity contribution < 1.29 is 18.8 Å². The summed E-state index contributed by atoms with van der Waals surface area (Å²) in [7, 11) is 1.60. The predicted octanol–water partition coefficient (Wildman–Crippen LogP) is 3.46. The second-order valence-electron chi connectivity index (χ2n) is 4.41. The molecule has 21 heavy (non-hydrogen) atoms. The van der Waals surface area contributed by atoms with Crippen molar-refractivity contribution in [2.75, 3.05) is 7.11 Å². The fraction of sp³-hybridized carbons (Fsp3) is 0.200. The number of halogens is 1. The van der Waals surface area contributed by atoms with Gasteiger partial charge in [0, 0.05) is 13.2 Å². The minimum absolute atomic E-state index is 0.130. The molecule has 0 aliphatic heterocycles. The van der Waals surface area contributed by atoms with E-state index in [0.29, 0.717) is 17.9 Å². The molecule has 0 spiro atoms. The molecular weight excluding hydrogens is 277 g/mol. The van der Waals surface area contributed by atoms with Gasteiger partial charge in [-0.05, 0) is 35.4 Å². The Morgan fingerprint density at radius 1 is 1.14 bits per heavy atom. The maximum absolute atomic E-state index is 13.5. The van der Waals surface area contributed by atoms with Gasteiger partial charge in [-0.2, -0.15) is 4.39 Å². The number of benzene rings is 2. The molecule has 0 unspecified atom stereocenters. The maximum Gasteiger partial charge on any atom is 0.304 e. The second-order valence-corrected chi connectivity index (χ2v) is 4.41. The third-order valence-electron chi connectivity index (χ3n) is 2.82. The van der Waals surface area contributed by atoms with E-state index >= 15 is 0 Å². The highest BCUT2D eigenvalue weighted by Gasteiger charge is 2.13. The predicted molar refractivity (Wildman–Crippen MR) is 74.5 cm³/mol. The second kappa shape index (κ2) is 6.81. The van der Waals surface area contributed by atoms with Crippen LogP contribution in [-0.2, 0) is 18.0 Å². The van der Waals surface area contributed by atoms with Gasteiger partial charge in [-0.15, -0.1) is 0 Å². The van der Waals surface area contributed by atoms with Crippen molar-refractivity contribution in [3.8, 4) is 5.75 Å². The Bertz CT molecular complexity index is 645. The number of rotatable bonds is 6. The van der Waals surface area contributed by atoms with E-state index < -0.39 is 16.4 Å². The molecule has 2 rings (SSSR count). The normalized spacial score (nSPS) is 10.4. The van der Waals surface area contributed by atoms with Crippen LogP contribution in [0.4, 0.5) is 10.1 Å². The smallest absolute Gasteiger partial charge is 0.304 e. The van der Waals surface area contributed by atoms with E-state index in [9.17, 15) is 14.5 Å². The number of nitro benzene ring substituents is 1. The first-order valence-electron chi connectivity index (χ1n) is 6.23. The first kappa shape index (κ1) is 14.9. The Morgan fingerprint density at radius 2 is 1.90 bits per heavy atom. The molecule has 6 heteroatoms. The summed E-state index contributed by atoms with van der Waals surface area (Å²) in [6.45, 7) is 0.606. The average Bonchev–Trinajstić information content (AvgIpc) is 2.45. The lowest BCUT2D eigenvalue weighted by atomic mass is 10.2. The zero-order chi connectivity index (χ0) is 15.2. The molecule has 0 aromatic heterocycles. The van der Waals surface area contributed by atoms with Crippen molar-refractivity contribution in [3.63, 3.8) is 0 Å². The van der Waals surface area contributed by atoms with Crippen LogP contribution in [0.5, 0.6) is 5.75 Å². The molecule has 0 heterocycles. The number of hydrogen-bond donors (Lipinski definition) is 0. The SMILES string of the molecule is COCc1cccc(OCc2ccc([N+](=O)[O-])c(F)c2)c1. The fourth-order valence-electron chi connectivity index (χ4n) is 1.85. The average molecular weight is 291 g/mol. The standard InChI is InChI=1S/C15H14FNO4/c1-20-9-11-3-2-4-13(7-11)21-10-12-5-6-15(17(18)19)14(16)8-12/h2-8H,9-10H2,1H3. The molecule has 0 saturated carbocycles. The summed E-state index contributed by atoms with van der Waals surface area (Å²) in [4.78, 5) is 9.78. The molecule has 0 aliphatic rings. The van der Waals surface area contributed by atoms with E-state index in [1.807, 2.05) is 18.2 Å². The van der Waals surface area contributed by atoms with Gasteiger partial charge in [-0.1, -0.05) is 12.1 Å². The van der Waals surface area contributed by atoms with Gasteiger partial charge in [0.15, 0.2) is 0 Å². The molecule has 0 amide bonds. The van der Waals surface area contributed by atoms with Crippen LogP contribution in [0.2, 0.25) is 0 Å². The van der Waals surface area contributed by atoms with Crippen LogP contribution in [0.15, 0.2) is 42.5 Å². The maximum atomic E-state index is 13.5. The molecule has 5 nitrogen and oxygen atoms in total. The number of nitro groups is 1. The number of nitrogens with zero attached hydrogens (tertiary/aromatic N) is 1. The van der Waals surface area contributed by atoms with Gasteiger partial charge in [0.2, 0.25) is 5.82 Å². The van der Waals surface area contributed by atoms with Crippen molar-refractivity contribution in [1.29, 1.82) is 0 Å². The summed E-state index contributed by atoms with van der Waals surface area (Å²) in [6, 6.07) is 11.1. The molecule has 2 aromatic carbocycles. The van der Waals surface area contributed by atoms with Gasteiger partial charge < -0.3 is 9.47 Å². The van der Waals surface area contributed by atoms with Crippen molar-refractivity contribution in [3.05, 3.63) is 69.5 Å². The van der Waals surface area contributed by atoms with E-state index in [-0.39, 0.29) is 6.61 Å². The van der Waals surface area contributed by atoms with E-state index in [2.05, 4.69) is 0 Å². The zero-order valence-corrected chi connectivity index (χ0v) is 11.4. The molecular formula is C15H14FNO4. The highest BCUT2D eigenvalue weighted by molar-refractivity contribution is 5.35. The highest BCUT2D eigenvalue weighted by atomic mass is 19.1. The molecule has 0 radical (unpaired) electrons. The quantitative estimate of drug-likeness (QED) is 0.604. The van der Waals surface area contributed by atoms with Crippen LogP contribution in [0.25, 0.3) is 0 Å². The largest absolute Gasteiger partial charge is 0.489 e. The zero-order valence-electron chi connectivity index (χ0n) is 11.4. The summed E-state index contributed by atoms with van der Waals surface area (Å²) >= 11 is 0. The van der Waals surface area contributed by atoms with Crippen LogP contribution >= 0.6 is 0 Å². The van der Waals surface area contributed by atoms with Crippen molar-refractivity contribution in [1.82, 2.24) is 0 Å². The third-order valence-corrected chi connectivity index (χ3v) is 2.82. The molecule has 0 aliphatic carbocycles. The highest BCUT2D eigenvalue weighted by Crippen LogP contribution is 2.20. The number of hydrogen-bond acceptors (Lipinski definition) is 4. The monoisotopic (exact) mass is 291 g/mol. The van der Waals surface area contributed by atoms with Crippen LogP contribution < -0.4 is 4.74 Å². The van der Waals surface area contributed by atoms with Gasteiger partial charge in [0.25, 0.3) is 0 Å². The van der Waals surface area contributed by atoms with E-state index in [1.165, 1.54) is 6.07 Å². The lowest BCUT2D eigenvalue weighted by molar-refractivity contribution is -0.387. The molecule has 0 bridgehead atoms. The molecule has 0 saturated heterocycles. The van der Waals surface area contributed by atoms with Gasteiger partial charge >= 0.3 is 5.69 Å². The van der Waals surface area contributed by atoms with E-state index in [4.69, 9.17) is 9.47 Å². The Kier molecular flexibility index (Phi) is 4.84. The summed E-state index contributed by atoms with van der Waals surface area (Å²) in [5, 5.41) is 10.5. The van der Waals surface area contributed by atoms with Crippen LogP contribution in [0.3, 0.4) is 0 Å². The van der Waals surface area contributed by atoms with Crippen LogP contribution in [0.1, 0.15) is 11.1 Å². The van der Waals surface area contributed by atoms with Crippen molar-refractivity contribution >= 4 is 5.69 Å². The minimum Gasteiger partial charge on any atom is -0.489 e. The molecule has 2 aromatic rings. The van der Waals surface area contributed by atoms with Gasteiger partial charge in [0.05, 0.1) is 11.5 Å². The van der Waals surface area contributed by atoms with Crippen LogP contribution in [-0.4, -0.2) is 12.0 Å². The number of methoxy groups -OCH3 is 1. The summed E-state index contributed by atoms with van der Waals surface area (Å²) in [6.07, 6.45) is 0. The first-order chi connectivity index (χ1) is 10.1. The molecule has 110 valence electrons. The topological polar surface area (TPSA) is 61.6 Å². The minimum atomic E-state index is -0.866. The van der Waals surface area contributed by atoms with Crippen molar-refractivity contribution in [2.45, 2.75) is 13.2 Å². The molecule has 0 fully saturated rings. The summed E-state index contributed by atoms with van der Waals surface area (Å²) in [5.74, 6) is -0.238. The lowest BCUT2D eigenvalue weighted by Crippen LogP contribution is -1.99. The Morgan fingerprint density at radius 3 is 2.57 bits per heavy atom. The summed E-state index contributed by atoms with van der Waals surface area (Å²) in [5.41, 5.74) is 0.945. The fourth-order valence-corrected chi connectivity index (χ4v) is 1.85. The lowest BCUT2D eigenvalue weighted by Gasteiger charge is -2.08. The van der Waals surface area contributed by atoms with Gasteiger partial charge in [-0.25, -0.2) is 0 Å². The molecule has 0 atom stereocenters. The van der Waals surface area contributed by atoms with Gasteiger partial charge in [-0.3, -0.25) is 10.1 Å². The Labute approximate surface area is 121 Å². The molecule has 0 N–H and O–H groups in total. The van der Waals surface area contributed by atoms with E-state index in [1.54, 1.807) is 13.2 Å². The first-order valence-corrected chi connectivity index (χ1v) is 6.23. The summed E-state index contributed by atoms with van der Waals surface area (Å²) < 4.78 is 24.0. The third kappa shape index (κ3) is 4.00. The number of ether oxygens (including phenoxy) is 2. The Hall–Kier alpha value is -2.47. The van der Waals surface area contributed by atoms with Crippen LogP contribution in [0, 0.1) is 15.9 Å². The Balaban J connectivity index is 2.04. The van der Waals surface area contributed by atoms with Gasteiger partial charge in [0.1, 0.15) is 12.4 Å². The van der Waals surface area contributed by atoms with E-state index in [0.717, 1.165) is 17.7 Å².